The molecule has 0 unspecified atom stereocenters. The number of rotatable bonds is 1. The SMILES string of the molecule is O=C1Cc2cc(ccc2N=C=S)C2(O1)c1ccc(O)cc1Oc1cc(O)ccc12. The lowest BCUT2D eigenvalue weighted by Gasteiger charge is -2.39. The summed E-state index contributed by atoms with van der Waals surface area (Å²) >= 11 is 4.71. The lowest BCUT2D eigenvalue weighted by Crippen LogP contribution is -2.37. The van der Waals surface area contributed by atoms with Crippen LogP contribution < -0.4 is 4.74 Å². The molecule has 2 bridgehead atoms. The number of ether oxygens (including phenoxy) is 2. The Hall–Kier alpha value is -3.67. The highest BCUT2D eigenvalue weighted by atomic mass is 32.1. The van der Waals surface area contributed by atoms with E-state index in [0.717, 1.165) is 0 Å². The van der Waals surface area contributed by atoms with Crippen molar-refractivity contribution in [2.24, 2.45) is 4.99 Å². The van der Waals surface area contributed by atoms with E-state index in [1.165, 1.54) is 24.3 Å². The van der Waals surface area contributed by atoms with Gasteiger partial charge in [-0.15, -0.1) is 0 Å². The van der Waals surface area contributed by atoms with E-state index in [1.54, 1.807) is 18.2 Å². The first kappa shape index (κ1) is 17.4. The highest BCUT2D eigenvalue weighted by Gasteiger charge is 2.49. The van der Waals surface area contributed by atoms with Gasteiger partial charge in [-0.05, 0) is 54.2 Å². The maximum atomic E-state index is 12.9. The minimum absolute atomic E-state index is 0.00816. The maximum Gasteiger partial charge on any atom is 0.311 e. The van der Waals surface area contributed by atoms with Crippen LogP contribution in [0, 0.1) is 0 Å². The molecule has 3 aromatic rings. The van der Waals surface area contributed by atoms with Crippen molar-refractivity contribution < 1.29 is 24.5 Å². The summed E-state index contributed by atoms with van der Waals surface area (Å²) in [6.07, 6.45) is 0.0210. The Morgan fingerprint density at radius 1 is 0.966 bits per heavy atom. The Labute approximate surface area is 170 Å². The molecule has 3 aromatic carbocycles. The van der Waals surface area contributed by atoms with Crippen molar-refractivity contribution in [1.29, 1.82) is 0 Å². The summed E-state index contributed by atoms with van der Waals surface area (Å²) in [5, 5.41) is 22.2. The molecule has 0 aromatic heterocycles. The summed E-state index contributed by atoms with van der Waals surface area (Å²) in [6.45, 7) is 0. The van der Waals surface area contributed by atoms with Crippen molar-refractivity contribution in [2.45, 2.75) is 12.0 Å². The van der Waals surface area contributed by atoms with Gasteiger partial charge in [0.2, 0.25) is 0 Å². The number of fused-ring (bicyclic) bond motifs is 7. The number of phenolic OH excluding ortho intramolecular Hbond substituents is 2. The number of carbonyl (C=O) groups excluding carboxylic acids is 1. The van der Waals surface area contributed by atoms with Crippen LogP contribution >= 0.6 is 12.2 Å². The number of carbonyl (C=O) groups is 1. The quantitative estimate of drug-likeness (QED) is 0.357. The fourth-order valence-electron chi connectivity index (χ4n) is 3.98. The van der Waals surface area contributed by atoms with Crippen LogP contribution in [0.3, 0.4) is 0 Å². The molecule has 0 amide bonds. The topological polar surface area (TPSA) is 88.4 Å². The smallest absolute Gasteiger partial charge is 0.311 e. The van der Waals surface area contributed by atoms with Crippen LogP contribution in [0.4, 0.5) is 5.69 Å². The largest absolute Gasteiger partial charge is 0.508 e. The number of esters is 1. The van der Waals surface area contributed by atoms with E-state index in [-0.39, 0.29) is 17.9 Å². The highest BCUT2D eigenvalue weighted by Crippen LogP contribution is 2.55. The normalized spacial score (nSPS) is 15.2. The molecule has 0 saturated heterocycles. The molecule has 1 spiro atoms. The van der Waals surface area contributed by atoms with Crippen molar-refractivity contribution in [1.82, 2.24) is 0 Å². The van der Waals surface area contributed by atoms with Gasteiger partial charge < -0.3 is 19.7 Å². The van der Waals surface area contributed by atoms with Gasteiger partial charge in [0.1, 0.15) is 23.0 Å². The van der Waals surface area contributed by atoms with Gasteiger partial charge in [0, 0.05) is 28.8 Å². The number of hydrogen-bond donors (Lipinski definition) is 2. The molecule has 6 nitrogen and oxygen atoms in total. The fraction of sp³-hybridized carbons (Fsp3) is 0.0909. The minimum Gasteiger partial charge on any atom is -0.508 e. The number of benzene rings is 3. The molecule has 2 heterocycles. The van der Waals surface area contributed by atoms with E-state index in [1.807, 2.05) is 12.1 Å². The molecule has 29 heavy (non-hydrogen) atoms. The summed E-state index contributed by atoms with van der Waals surface area (Å²) in [7, 11) is 0. The summed E-state index contributed by atoms with van der Waals surface area (Å²) in [4.78, 5) is 16.9. The summed E-state index contributed by atoms with van der Waals surface area (Å²) in [5.41, 5.74) is 1.77. The third-order valence-corrected chi connectivity index (χ3v) is 5.25. The monoisotopic (exact) mass is 403 g/mol. The molecule has 0 radical (unpaired) electrons. The van der Waals surface area contributed by atoms with Crippen LogP contribution in [0.25, 0.3) is 0 Å². The van der Waals surface area contributed by atoms with Crippen LogP contribution in [-0.4, -0.2) is 21.3 Å². The van der Waals surface area contributed by atoms with Gasteiger partial charge in [0.05, 0.1) is 17.3 Å². The van der Waals surface area contributed by atoms with E-state index in [0.29, 0.717) is 39.4 Å². The molecule has 0 fully saturated rings. The Morgan fingerprint density at radius 3 is 2.24 bits per heavy atom. The van der Waals surface area contributed by atoms with Crippen LogP contribution in [0.15, 0.2) is 59.6 Å². The summed E-state index contributed by atoms with van der Waals surface area (Å²) in [5.74, 6) is 0.232. The van der Waals surface area contributed by atoms with Crippen molar-refractivity contribution in [3.8, 4) is 23.0 Å². The van der Waals surface area contributed by atoms with Gasteiger partial charge in [-0.25, -0.2) is 0 Å². The van der Waals surface area contributed by atoms with Gasteiger partial charge >= 0.3 is 5.97 Å². The molecular weight excluding hydrogens is 390 g/mol. The standard InChI is InChI=1S/C22H13NO5S/c24-14-2-4-16-19(9-14)27-20-10-15(25)3-5-17(20)22(16)13-1-6-18(23-11-29)12(7-13)8-21(26)28-22/h1-7,9-10,24-25H,8H2. The molecule has 2 N–H and O–H groups in total. The average molecular weight is 403 g/mol. The summed E-state index contributed by atoms with van der Waals surface area (Å²) in [6, 6.07) is 14.7. The third kappa shape index (κ3) is 2.52. The van der Waals surface area contributed by atoms with Gasteiger partial charge in [-0.3, -0.25) is 4.79 Å². The number of phenols is 2. The fourth-order valence-corrected chi connectivity index (χ4v) is 4.08. The number of isothiocyanates is 1. The zero-order chi connectivity index (χ0) is 20.2. The first-order valence-corrected chi connectivity index (χ1v) is 9.20. The molecule has 2 aliphatic rings. The van der Waals surface area contributed by atoms with E-state index in [9.17, 15) is 15.0 Å². The zero-order valence-corrected chi connectivity index (χ0v) is 15.7. The average Bonchev–Trinajstić information content (AvgIpc) is 2.79. The van der Waals surface area contributed by atoms with Crippen LogP contribution in [0.1, 0.15) is 22.3 Å². The molecule has 0 aliphatic carbocycles. The number of thiocarbonyl (C=S) groups is 1. The second kappa shape index (κ2) is 6.17. The van der Waals surface area contributed by atoms with Crippen molar-refractivity contribution in [2.75, 3.05) is 0 Å². The first-order valence-electron chi connectivity index (χ1n) is 8.79. The van der Waals surface area contributed by atoms with E-state index < -0.39 is 11.6 Å². The number of aliphatic imine (C=N–C) groups is 1. The second-order valence-electron chi connectivity index (χ2n) is 6.84. The van der Waals surface area contributed by atoms with Gasteiger partial charge in [-0.2, -0.15) is 4.99 Å². The molecule has 0 atom stereocenters. The summed E-state index contributed by atoms with van der Waals surface area (Å²) < 4.78 is 12.0. The van der Waals surface area contributed by atoms with Crippen molar-refractivity contribution in [3.05, 3.63) is 76.9 Å². The van der Waals surface area contributed by atoms with Crippen LogP contribution in [0.5, 0.6) is 23.0 Å². The van der Waals surface area contributed by atoms with Crippen molar-refractivity contribution in [3.63, 3.8) is 0 Å². The Bertz CT molecular complexity index is 1190. The Kier molecular flexibility index (Phi) is 3.71. The van der Waals surface area contributed by atoms with Gasteiger partial charge in [0.25, 0.3) is 0 Å². The van der Waals surface area contributed by atoms with Crippen LogP contribution in [0.2, 0.25) is 0 Å². The Balaban J connectivity index is 1.88. The predicted molar refractivity (Wildman–Crippen MR) is 107 cm³/mol. The lowest BCUT2D eigenvalue weighted by molar-refractivity contribution is -0.152. The second-order valence-corrected chi connectivity index (χ2v) is 7.02. The van der Waals surface area contributed by atoms with Gasteiger partial charge in [0.15, 0.2) is 5.60 Å². The van der Waals surface area contributed by atoms with Crippen LogP contribution in [-0.2, 0) is 21.6 Å². The number of hydrogen-bond acceptors (Lipinski definition) is 7. The molecular formula is C22H13NO5S. The van der Waals surface area contributed by atoms with E-state index >= 15 is 0 Å². The Morgan fingerprint density at radius 2 is 1.62 bits per heavy atom. The molecule has 142 valence electrons. The van der Waals surface area contributed by atoms with Crippen molar-refractivity contribution >= 4 is 29.0 Å². The third-order valence-electron chi connectivity index (χ3n) is 5.16. The van der Waals surface area contributed by atoms with E-state index in [2.05, 4.69) is 10.2 Å². The van der Waals surface area contributed by atoms with Gasteiger partial charge in [-0.1, -0.05) is 6.07 Å². The molecule has 7 heteroatoms. The zero-order valence-electron chi connectivity index (χ0n) is 14.9. The van der Waals surface area contributed by atoms with E-state index in [4.69, 9.17) is 21.7 Å². The lowest BCUT2D eigenvalue weighted by atomic mass is 9.77. The molecule has 0 saturated carbocycles. The predicted octanol–water partition coefficient (Wildman–Crippen LogP) is 4.33. The minimum atomic E-state index is -1.30. The number of aromatic hydroxyl groups is 2. The number of nitrogens with zero attached hydrogens (tertiary/aromatic N) is 1. The molecule has 2 aliphatic heterocycles. The maximum absolute atomic E-state index is 12.9. The highest BCUT2D eigenvalue weighted by molar-refractivity contribution is 7.78. The molecule has 5 rings (SSSR count). The first-order chi connectivity index (χ1) is 14.0.